The lowest BCUT2D eigenvalue weighted by molar-refractivity contribution is -0.153. The average Bonchev–Trinajstić information content (AvgIpc) is 3.27. The van der Waals surface area contributed by atoms with E-state index in [2.05, 4.69) is 24.2 Å². The van der Waals surface area contributed by atoms with Crippen LogP contribution in [0.4, 0.5) is 0 Å². The van der Waals surface area contributed by atoms with E-state index in [0.717, 1.165) is 11.4 Å². The van der Waals surface area contributed by atoms with Crippen LogP contribution >= 0.6 is 0 Å². The Morgan fingerprint density at radius 2 is 2.35 bits per heavy atom. The Bertz CT molecular complexity index is 654. The third-order valence-electron chi connectivity index (χ3n) is 6.18. The van der Waals surface area contributed by atoms with Gasteiger partial charge in [0, 0.05) is 11.8 Å². The standard InChI is InChI=1S/C15H14N2O3/c1-2-3-10(18)16-17-12(19)11-14-5-4-8(7-6-9(7)14)15(11,14)13(17)20/h2,4-5,7-9,11H,1,3,6H2,(H,16,18)/t7?,8?,9?,11-,14?,15-/m0/s1. The average molecular weight is 270 g/mol. The van der Waals surface area contributed by atoms with Crippen molar-refractivity contribution < 1.29 is 14.4 Å². The first-order chi connectivity index (χ1) is 9.60. The number of rotatable bonds is 3. The molecule has 6 atom stereocenters. The Kier molecular flexibility index (Phi) is 1.49. The van der Waals surface area contributed by atoms with Gasteiger partial charge in [-0.2, -0.15) is 5.01 Å². The normalized spacial score (nSPS) is 51.7. The van der Waals surface area contributed by atoms with Crippen molar-refractivity contribution in [2.24, 2.45) is 34.5 Å². The van der Waals surface area contributed by atoms with Crippen molar-refractivity contribution in [1.29, 1.82) is 0 Å². The Balaban J connectivity index is 1.50. The van der Waals surface area contributed by atoms with E-state index < -0.39 is 5.41 Å². The maximum atomic E-state index is 12.7. The van der Waals surface area contributed by atoms with E-state index in [9.17, 15) is 14.4 Å². The molecule has 0 aromatic heterocycles. The number of allylic oxidation sites excluding steroid dienone is 2. The van der Waals surface area contributed by atoms with Gasteiger partial charge in [-0.15, -0.1) is 6.58 Å². The SMILES string of the molecule is C=CCC(=O)NN1C(=O)[C@H]2C34C=CC(C5CC53)[C@@]24C1=O. The molecule has 4 fully saturated rings. The predicted octanol–water partition coefficient (Wildman–Crippen LogP) is 0.401. The fourth-order valence-corrected chi connectivity index (χ4v) is 5.63. The zero-order chi connectivity index (χ0) is 13.9. The summed E-state index contributed by atoms with van der Waals surface area (Å²) in [7, 11) is 0. The number of hydrogen-bond donors (Lipinski definition) is 1. The fraction of sp³-hybridized carbons (Fsp3) is 0.533. The molecule has 1 aliphatic heterocycles. The number of carbonyl (C=O) groups is 3. The number of hydrogen-bond acceptors (Lipinski definition) is 3. The Hall–Kier alpha value is -1.91. The topological polar surface area (TPSA) is 66.5 Å². The van der Waals surface area contributed by atoms with E-state index in [0.29, 0.717) is 11.8 Å². The Morgan fingerprint density at radius 1 is 1.55 bits per heavy atom. The first-order valence-corrected chi connectivity index (χ1v) is 7.09. The summed E-state index contributed by atoms with van der Waals surface area (Å²) >= 11 is 0. The largest absolute Gasteiger partial charge is 0.273 e. The van der Waals surface area contributed by atoms with E-state index in [4.69, 9.17) is 0 Å². The van der Waals surface area contributed by atoms with E-state index in [-0.39, 0.29) is 41.4 Å². The quantitative estimate of drug-likeness (QED) is 0.596. The third kappa shape index (κ3) is 0.746. The molecule has 5 aliphatic rings. The van der Waals surface area contributed by atoms with Crippen LogP contribution in [-0.4, -0.2) is 22.7 Å². The molecule has 3 amide bonds. The highest BCUT2D eigenvalue weighted by molar-refractivity contribution is 6.16. The van der Waals surface area contributed by atoms with Gasteiger partial charge < -0.3 is 0 Å². The molecule has 5 rings (SSSR count). The molecule has 0 aromatic carbocycles. The van der Waals surface area contributed by atoms with Gasteiger partial charge in [0.2, 0.25) is 5.91 Å². The minimum Gasteiger partial charge on any atom is -0.273 e. The van der Waals surface area contributed by atoms with E-state index in [1.807, 2.05) is 0 Å². The summed E-state index contributed by atoms with van der Waals surface area (Å²) in [5, 5.41) is 0.972. The lowest BCUT2D eigenvalue weighted by Gasteiger charge is -2.24. The maximum absolute atomic E-state index is 12.7. The van der Waals surface area contributed by atoms with Crippen LogP contribution in [0, 0.1) is 34.5 Å². The summed E-state index contributed by atoms with van der Waals surface area (Å²) in [5.74, 6) is 0.356. The molecule has 1 saturated heterocycles. The zero-order valence-corrected chi connectivity index (χ0v) is 10.8. The monoisotopic (exact) mass is 270 g/mol. The number of hydrazine groups is 1. The zero-order valence-electron chi connectivity index (χ0n) is 10.8. The lowest BCUT2D eigenvalue weighted by atomic mass is 9.87. The predicted molar refractivity (Wildman–Crippen MR) is 67.4 cm³/mol. The van der Waals surface area contributed by atoms with Gasteiger partial charge in [0.1, 0.15) is 0 Å². The number of amides is 3. The van der Waals surface area contributed by atoms with Crippen molar-refractivity contribution in [2.75, 3.05) is 0 Å². The molecule has 4 unspecified atom stereocenters. The number of nitrogens with zero attached hydrogens (tertiary/aromatic N) is 1. The molecule has 5 nitrogen and oxygen atoms in total. The molecule has 1 spiro atoms. The molecule has 1 N–H and O–H groups in total. The molecule has 4 aliphatic carbocycles. The molecule has 5 heteroatoms. The van der Waals surface area contributed by atoms with Crippen LogP contribution in [0.1, 0.15) is 12.8 Å². The number of imide groups is 1. The van der Waals surface area contributed by atoms with E-state index in [1.165, 1.54) is 6.08 Å². The van der Waals surface area contributed by atoms with Crippen molar-refractivity contribution in [1.82, 2.24) is 10.4 Å². The van der Waals surface area contributed by atoms with Gasteiger partial charge in [-0.3, -0.25) is 19.8 Å². The van der Waals surface area contributed by atoms with Crippen LogP contribution in [0.2, 0.25) is 0 Å². The molecule has 0 aromatic rings. The van der Waals surface area contributed by atoms with Crippen molar-refractivity contribution in [3.8, 4) is 0 Å². The van der Waals surface area contributed by atoms with E-state index >= 15 is 0 Å². The summed E-state index contributed by atoms with van der Waals surface area (Å²) in [6.07, 6.45) is 6.96. The molecule has 20 heavy (non-hydrogen) atoms. The number of fused-ring (bicyclic) bond motifs is 2. The molecular weight excluding hydrogens is 256 g/mol. The second kappa shape index (κ2) is 2.75. The Labute approximate surface area is 115 Å². The van der Waals surface area contributed by atoms with Crippen LogP contribution < -0.4 is 5.43 Å². The van der Waals surface area contributed by atoms with Gasteiger partial charge in [0.15, 0.2) is 0 Å². The third-order valence-corrected chi connectivity index (χ3v) is 6.18. The van der Waals surface area contributed by atoms with Gasteiger partial charge in [-0.1, -0.05) is 18.2 Å². The van der Waals surface area contributed by atoms with Gasteiger partial charge >= 0.3 is 0 Å². The van der Waals surface area contributed by atoms with Gasteiger partial charge in [0.25, 0.3) is 11.8 Å². The van der Waals surface area contributed by atoms with Gasteiger partial charge in [-0.25, -0.2) is 0 Å². The highest BCUT2D eigenvalue weighted by Gasteiger charge is 2.99. The second-order valence-electron chi connectivity index (χ2n) is 6.63. The summed E-state index contributed by atoms with van der Waals surface area (Å²) in [5.41, 5.74) is 1.73. The van der Waals surface area contributed by atoms with Crippen molar-refractivity contribution in [2.45, 2.75) is 12.8 Å². The minimum atomic E-state index is -0.529. The summed E-state index contributed by atoms with van der Waals surface area (Å²) in [4.78, 5) is 36.8. The fourth-order valence-electron chi connectivity index (χ4n) is 5.63. The highest BCUT2D eigenvalue weighted by atomic mass is 16.2. The molecule has 1 heterocycles. The smallest absolute Gasteiger partial charge is 0.256 e. The molecular formula is C15H14N2O3. The second-order valence-corrected chi connectivity index (χ2v) is 6.63. The molecule has 2 bridgehead atoms. The van der Waals surface area contributed by atoms with Gasteiger partial charge in [0.05, 0.1) is 11.3 Å². The summed E-state index contributed by atoms with van der Waals surface area (Å²) < 4.78 is 0. The summed E-state index contributed by atoms with van der Waals surface area (Å²) in [6, 6.07) is 0. The van der Waals surface area contributed by atoms with Crippen molar-refractivity contribution >= 4 is 17.7 Å². The first-order valence-electron chi connectivity index (χ1n) is 7.09. The lowest BCUT2D eigenvalue weighted by Crippen LogP contribution is -2.50. The van der Waals surface area contributed by atoms with Crippen LogP contribution in [0.3, 0.4) is 0 Å². The minimum absolute atomic E-state index is 0.104. The van der Waals surface area contributed by atoms with Crippen LogP contribution in [0.25, 0.3) is 0 Å². The molecule has 0 radical (unpaired) electrons. The number of piperidine rings is 1. The molecule has 102 valence electrons. The number of carbonyl (C=O) groups excluding carboxylic acids is 3. The van der Waals surface area contributed by atoms with Crippen molar-refractivity contribution in [3.05, 3.63) is 24.8 Å². The van der Waals surface area contributed by atoms with Crippen LogP contribution in [-0.2, 0) is 14.4 Å². The van der Waals surface area contributed by atoms with Crippen molar-refractivity contribution in [3.63, 3.8) is 0 Å². The first kappa shape index (κ1) is 10.8. The molecule has 3 saturated carbocycles. The van der Waals surface area contributed by atoms with E-state index in [1.54, 1.807) is 0 Å². The van der Waals surface area contributed by atoms with Crippen LogP contribution in [0.15, 0.2) is 24.8 Å². The summed E-state index contributed by atoms with van der Waals surface area (Å²) in [6.45, 7) is 3.48. The van der Waals surface area contributed by atoms with Crippen LogP contribution in [0.5, 0.6) is 0 Å². The van der Waals surface area contributed by atoms with Gasteiger partial charge in [-0.05, 0) is 24.2 Å². The Morgan fingerprint density at radius 3 is 3.10 bits per heavy atom. The maximum Gasteiger partial charge on any atom is 0.256 e. The number of nitrogens with one attached hydrogen (secondary N) is 1. The highest BCUT2D eigenvalue weighted by Crippen LogP contribution is 2.94.